The largest absolute Gasteiger partial charge is 0.487 e. The number of carbonyl (C=O) groups excluding carboxylic acids is 1. The molecule has 0 fully saturated rings. The first-order valence-corrected chi connectivity index (χ1v) is 10.2. The van der Waals surface area contributed by atoms with Crippen molar-refractivity contribution in [3.8, 4) is 5.75 Å². The van der Waals surface area contributed by atoms with E-state index in [0.29, 0.717) is 18.1 Å². The van der Waals surface area contributed by atoms with Crippen molar-refractivity contribution in [2.45, 2.75) is 27.0 Å². The Bertz CT molecular complexity index is 1040. The lowest BCUT2D eigenvalue weighted by atomic mass is 10.1. The molecule has 0 aliphatic rings. The number of hydrogen-bond donors (Lipinski definition) is 3. The number of benzene rings is 2. The lowest BCUT2D eigenvalue weighted by Gasteiger charge is -2.20. The average molecular weight is 408 g/mol. The van der Waals surface area contributed by atoms with Gasteiger partial charge in [0.25, 0.3) is 5.91 Å². The van der Waals surface area contributed by atoms with Gasteiger partial charge in [-0.15, -0.1) is 0 Å². The monoisotopic (exact) mass is 407 g/mol. The van der Waals surface area contributed by atoms with Crippen molar-refractivity contribution in [1.82, 2.24) is 15.2 Å². The Kier molecular flexibility index (Phi) is 7.08. The van der Waals surface area contributed by atoms with E-state index in [4.69, 9.17) is 10.5 Å². The third-order valence-corrected chi connectivity index (χ3v) is 5.12. The molecule has 3 aromatic rings. The van der Waals surface area contributed by atoms with Crippen molar-refractivity contribution in [2.24, 2.45) is 10.7 Å². The minimum atomic E-state index is -0.437. The fourth-order valence-corrected chi connectivity index (χ4v) is 3.29. The highest BCUT2D eigenvalue weighted by Gasteiger charge is 2.13. The van der Waals surface area contributed by atoms with Crippen LogP contribution in [0, 0.1) is 0 Å². The van der Waals surface area contributed by atoms with Crippen molar-refractivity contribution in [1.29, 1.82) is 0 Å². The molecular weight excluding hydrogens is 378 g/mol. The molecule has 0 spiro atoms. The van der Waals surface area contributed by atoms with Gasteiger partial charge in [-0.25, -0.2) is 0 Å². The first-order valence-electron chi connectivity index (χ1n) is 10.2. The molecule has 0 atom stereocenters. The van der Waals surface area contributed by atoms with Crippen molar-refractivity contribution in [2.75, 3.05) is 20.1 Å². The molecule has 1 aromatic heterocycles. The van der Waals surface area contributed by atoms with Crippen molar-refractivity contribution >= 4 is 22.8 Å². The van der Waals surface area contributed by atoms with Crippen LogP contribution in [0.3, 0.4) is 0 Å². The minimum Gasteiger partial charge on any atom is -0.487 e. The summed E-state index contributed by atoms with van der Waals surface area (Å²) in [5, 5.41) is 3.52. The van der Waals surface area contributed by atoms with E-state index in [1.807, 2.05) is 24.3 Å². The van der Waals surface area contributed by atoms with Crippen LogP contribution in [0.2, 0.25) is 0 Å². The van der Waals surface area contributed by atoms with Crippen LogP contribution >= 0.6 is 0 Å². The lowest BCUT2D eigenvalue weighted by molar-refractivity contribution is 0.0998. The van der Waals surface area contributed by atoms with Gasteiger partial charge >= 0.3 is 0 Å². The molecule has 1 heterocycles. The van der Waals surface area contributed by atoms with Gasteiger partial charge in [-0.3, -0.25) is 9.69 Å². The van der Waals surface area contributed by atoms with E-state index >= 15 is 0 Å². The van der Waals surface area contributed by atoms with Crippen LogP contribution in [0.4, 0.5) is 0 Å². The molecule has 0 saturated heterocycles. The summed E-state index contributed by atoms with van der Waals surface area (Å²) in [7, 11) is 1.61. The zero-order valence-electron chi connectivity index (χ0n) is 17.7. The molecule has 7 heteroatoms. The maximum absolute atomic E-state index is 12.3. The number of amides is 1. The fourth-order valence-electron chi connectivity index (χ4n) is 3.29. The number of nitrogens with one attached hydrogen (secondary N) is 2. The number of H-pyrrole nitrogens is 1. The van der Waals surface area contributed by atoms with Crippen LogP contribution in [-0.4, -0.2) is 41.9 Å². The normalized spacial score (nSPS) is 11.8. The van der Waals surface area contributed by atoms with Crippen molar-refractivity contribution in [3.63, 3.8) is 0 Å². The topological polar surface area (TPSA) is 95.7 Å². The quantitative estimate of drug-likeness (QED) is 0.393. The van der Waals surface area contributed by atoms with Gasteiger partial charge < -0.3 is 20.8 Å². The number of rotatable bonds is 8. The number of aliphatic imine (C=N–C) groups is 1. The third-order valence-electron chi connectivity index (χ3n) is 5.12. The number of nitrogens with zero attached hydrogens (tertiary/aromatic N) is 2. The van der Waals surface area contributed by atoms with Gasteiger partial charge in [-0.05, 0) is 36.3 Å². The lowest BCUT2D eigenvalue weighted by Crippen LogP contribution is -2.28. The second kappa shape index (κ2) is 9.93. The molecule has 1 amide bonds. The van der Waals surface area contributed by atoms with E-state index in [2.05, 4.69) is 52.2 Å². The number of hydrogen-bond acceptors (Lipinski definition) is 3. The summed E-state index contributed by atoms with van der Waals surface area (Å²) < 4.78 is 6.16. The van der Waals surface area contributed by atoms with Crippen LogP contribution < -0.4 is 15.8 Å². The Morgan fingerprint density at radius 3 is 2.57 bits per heavy atom. The molecule has 30 heavy (non-hydrogen) atoms. The number of guanidine groups is 1. The molecule has 2 aromatic carbocycles. The number of carbonyl (C=O) groups is 1. The zero-order chi connectivity index (χ0) is 21.5. The van der Waals surface area contributed by atoms with Crippen LogP contribution in [0.5, 0.6) is 5.75 Å². The standard InChI is InChI=1S/C23H29N5O2/c1-4-28(5-2)14-17-9-6-7-10-18(17)15-30-20-12-8-11-16-13-19(26-21(16)20)22(29)27-23(24)25-3/h6-13,26H,4-5,14-15H2,1-3H3,(H3,24,25,27,29). The predicted molar refractivity (Wildman–Crippen MR) is 121 cm³/mol. The third kappa shape index (κ3) is 4.99. The van der Waals surface area contributed by atoms with Gasteiger partial charge in [-0.2, -0.15) is 4.99 Å². The molecule has 0 saturated carbocycles. The number of para-hydroxylation sites is 1. The van der Waals surface area contributed by atoms with Crippen LogP contribution in [0.25, 0.3) is 10.9 Å². The minimum absolute atomic E-state index is 0.0694. The Balaban J connectivity index is 1.81. The SMILES string of the molecule is CCN(CC)Cc1ccccc1COc1cccc2cc(C(=O)N=C(N)NC)[nH]c12. The van der Waals surface area contributed by atoms with E-state index in [-0.39, 0.29) is 5.96 Å². The molecule has 158 valence electrons. The maximum atomic E-state index is 12.3. The second-order valence-corrected chi connectivity index (χ2v) is 6.97. The molecule has 0 unspecified atom stereocenters. The van der Waals surface area contributed by atoms with E-state index in [0.717, 1.165) is 36.1 Å². The summed E-state index contributed by atoms with van der Waals surface area (Å²) in [4.78, 5) is 21.6. The first-order chi connectivity index (χ1) is 14.5. The van der Waals surface area contributed by atoms with Gasteiger partial charge in [0.1, 0.15) is 18.1 Å². The van der Waals surface area contributed by atoms with Crippen LogP contribution in [-0.2, 0) is 13.2 Å². The fraction of sp³-hybridized carbons (Fsp3) is 0.304. The molecule has 0 aliphatic carbocycles. The van der Waals surface area contributed by atoms with Gasteiger partial charge in [0.05, 0.1) is 5.52 Å². The molecule has 4 N–H and O–H groups in total. The smallest absolute Gasteiger partial charge is 0.296 e. The highest BCUT2D eigenvalue weighted by molar-refractivity contribution is 6.04. The number of aromatic nitrogens is 1. The Labute approximate surface area is 176 Å². The number of fused-ring (bicyclic) bond motifs is 1. The van der Waals surface area contributed by atoms with E-state index in [9.17, 15) is 4.79 Å². The Morgan fingerprint density at radius 2 is 1.87 bits per heavy atom. The van der Waals surface area contributed by atoms with Crippen LogP contribution in [0.15, 0.2) is 53.5 Å². The summed E-state index contributed by atoms with van der Waals surface area (Å²) in [5.41, 5.74) is 9.12. The molecule has 7 nitrogen and oxygen atoms in total. The zero-order valence-corrected chi connectivity index (χ0v) is 17.7. The van der Waals surface area contributed by atoms with Crippen molar-refractivity contribution in [3.05, 3.63) is 65.4 Å². The molecule has 0 bridgehead atoms. The highest BCUT2D eigenvalue weighted by atomic mass is 16.5. The molecule has 0 aliphatic heterocycles. The number of aromatic amines is 1. The Morgan fingerprint density at radius 1 is 1.13 bits per heavy atom. The van der Waals surface area contributed by atoms with Gasteiger partial charge in [-0.1, -0.05) is 50.2 Å². The van der Waals surface area contributed by atoms with Gasteiger partial charge in [0.15, 0.2) is 5.96 Å². The van der Waals surface area contributed by atoms with Gasteiger partial charge in [0.2, 0.25) is 0 Å². The van der Waals surface area contributed by atoms with Crippen molar-refractivity contribution < 1.29 is 9.53 Å². The average Bonchev–Trinajstić information content (AvgIpc) is 3.21. The highest BCUT2D eigenvalue weighted by Crippen LogP contribution is 2.27. The summed E-state index contributed by atoms with van der Waals surface area (Å²) in [5.74, 6) is 0.322. The summed E-state index contributed by atoms with van der Waals surface area (Å²) in [6, 6.07) is 15.8. The van der Waals surface area contributed by atoms with E-state index in [1.54, 1.807) is 13.1 Å². The number of nitrogens with two attached hydrogens (primary N) is 1. The van der Waals surface area contributed by atoms with E-state index < -0.39 is 5.91 Å². The van der Waals surface area contributed by atoms with Crippen LogP contribution in [0.1, 0.15) is 35.5 Å². The van der Waals surface area contributed by atoms with E-state index in [1.165, 1.54) is 5.56 Å². The predicted octanol–water partition coefficient (Wildman–Crippen LogP) is 3.26. The molecule has 0 radical (unpaired) electrons. The summed E-state index contributed by atoms with van der Waals surface area (Å²) >= 11 is 0. The first kappa shape index (κ1) is 21.4. The molecular formula is C23H29N5O2. The second-order valence-electron chi connectivity index (χ2n) is 6.97. The summed E-state index contributed by atoms with van der Waals surface area (Å²) in [6.07, 6.45) is 0. The van der Waals surface area contributed by atoms with Gasteiger partial charge in [0, 0.05) is 19.0 Å². The summed E-state index contributed by atoms with van der Waals surface area (Å²) in [6.45, 7) is 7.69. The maximum Gasteiger partial charge on any atom is 0.296 e. The molecule has 3 rings (SSSR count). The number of ether oxygens (including phenoxy) is 1. The Hall–Kier alpha value is -3.32.